The summed E-state index contributed by atoms with van der Waals surface area (Å²) in [7, 11) is 0. The van der Waals surface area contributed by atoms with Crippen LogP contribution < -0.4 is 4.74 Å². The summed E-state index contributed by atoms with van der Waals surface area (Å²) >= 11 is 0. The minimum atomic E-state index is -0.405. The van der Waals surface area contributed by atoms with Crippen LogP contribution in [0, 0.1) is 6.92 Å². The first kappa shape index (κ1) is 12.4. The molecule has 1 aliphatic carbocycles. The Morgan fingerprint density at radius 2 is 1.94 bits per heavy atom. The van der Waals surface area contributed by atoms with Gasteiger partial charge in [0, 0.05) is 0 Å². The average molecular weight is 234 g/mol. The molecule has 0 radical (unpaired) electrons. The molecule has 1 aromatic carbocycles. The van der Waals surface area contributed by atoms with Gasteiger partial charge in [-0.25, -0.2) is 0 Å². The van der Waals surface area contributed by atoms with Crippen molar-refractivity contribution in [3.05, 3.63) is 29.3 Å². The van der Waals surface area contributed by atoms with Gasteiger partial charge in [-0.3, -0.25) is 0 Å². The molecule has 0 saturated heterocycles. The van der Waals surface area contributed by atoms with Crippen LogP contribution in [-0.2, 0) is 0 Å². The zero-order valence-electron chi connectivity index (χ0n) is 10.8. The highest BCUT2D eigenvalue weighted by atomic mass is 16.5. The molecule has 1 saturated carbocycles. The molecule has 94 valence electrons. The Morgan fingerprint density at radius 3 is 2.53 bits per heavy atom. The third-order valence-corrected chi connectivity index (χ3v) is 3.53. The first-order valence-electron chi connectivity index (χ1n) is 6.62. The summed E-state index contributed by atoms with van der Waals surface area (Å²) in [6.07, 6.45) is 6.26. The molecule has 0 amide bonds. The van der Waals surface area contributed by atoms with Gasteiger partial charge in [0.1, 0.15) is 5.75 Å². The molecule has 1 aromatic rings. The van der Waals surface area contributed by atoms with E-state index < -0.39 is 6.10 Å². The largest absolute Gasteiger partial charge is 0.490 e. The van der Waals surface area contributed by atoms with Crippen molar-refractivity contribution in [2.45, 2.75) is 58.2 Å². The highest BCUT2D eigenvalue weighted by Crippen LogP contribution is 2.27. The maximum atomic E-state index is 9.52. The van der Waals surface area contributed by atoms with Crippen molar-refractivity contribution in [3.63, 3.8) is 0 Å². The van der Waals surface area contributed by atoms with E-state index in [1.807, 2.05) is 25.1 Å². The summed E-state index contributed by atoms with van der Waals surface area (Å²) in [6, 6.07) is 5.96. The predicted molar refractivity (Wildman–Crippen MR) is 69.3 cm³/mol. The van der Waals surface area contributed by atoms with Gasteiger partial charge in [-0.2, -0.15) is 0 Å². The van der Waals surface area contributed by atoms with Gasteiger partial charge < -0.3 is 9.84 Å². The van der Waals surface area contributed by atoms with E-state index in [1.54, 1.807) is 6.92 Å². The fourth-order valence-electron chi connectivity index (χ4n) is 2.43. The van der Waals surface area contributed by atoms with Crippen LogP contribution in [0.1, 0.15) is 56.3 Å². The van der Waals surface area contributed by atoms with Crippen molar-refractivity contribution >= 4 is 0 Å². The summed E-state index contributed by atoms with van der Waals surface area (Å²) in [5.41, 5.74) is 2.08. The van der Waals surface area contributed by atoms with E-state index in [-0.39, 0.29) is 0 Å². The topological polar surface area (TPSA) is 29.5 Å². The minimum Gasteiger partial charge on any atom is -0.490 e. The first-order chi connectivity index (χ1) is 8.16. The molecule has 2 rings (SSSR count). The molecule has 1 N–H and O–H groups in total. The van der Waals surface area contributed by atoms with Crippen LogP contribution in [0.3, 0.4) is 0 Å². The summed E-state index contributed by atoms with van der Waals surface area (Å²) in [4.78, 5) is 0. The van der Waals surface area contributed by atoms with Crippen LogP contribution in [0.25, 0.3) is 0 Å². The second-order valence-corrected chi connectivity index (χ2v) is 5.08. The van der Waals surface area contributed by atoms with Gasteiger partial charge in [-0.05, 0) is 62.8 Å². The fraction of sp³-hybridized carbons (Fsp3) is 0.600. The Bertz CT molecular complexity index is 365. The molecule has 0 unspecified atom stereocenters. The monoisotopic (exact) mass is 234 g/mol. The Labute approximate surface area is 104 Å². The van der Waals surface area contributed by atoms with Crippen LogP contribution in [-0.4, -0.2) is 11.2 Å². The third kappa shape index (κ3) is 3.22. The molecular weight excluding hydrogens is 212 g/mol. The molecule has 0 spiro atoms. The number of hydrogen-bond acceptors (Lipinski definition) is 2. The standard InChI is InChI=1S/C15H22O2/c1-11-10-13(12(2)16)8-9-15(11)17-14-6-4-3-5-7-14/h8-10,12,14,16H,3-7H2,1-2H3/t12-/m1/s1. The van der Waals surface area contributed by atoms with Gasteiger partial charge in [-0.15, -0.1) is 0 Å². The Hall–Kier alpha value is -1.02. The van der Waals surface area contributed by atoms with Crippen LogP contribution in [0.4, 0.5) is 0 Å². The van der Waals surface area contributed by atoms with E-state index in [4.69, 9.17) is 4.74 Å². The van der Waals surface area contributed by atoms with Crippen molar-refractivity contribution in [2.75, 3.05) is 0 Å². The summed E-state index contributed by atoms with van der Waals surface area (Å²) < 4.78 is 6.04. The number of hydrogen-bond donors (Lipinski definition) is 1. The average Bonchev–Trinajstić information content (AvgIpc) is 2.33. The van der Waals surface area contributed by atoms with E-state index >= 15 is 0 Å². The zero-order valence-corrected chi connectivity index (χ0v) is 10.8. The van der Waals surface area contributed by atoms with E-state index in [0.717, 1.165) is 16.9 Å². The lowest BCUT2D eigenvalue weighted by atomic mass is 9.97. The lowest BCUT2D eigenvalue weighted by Gasteiger charge is -2.24. The van der Waals surface area contributed by atoms with Gasteiger partial charge in [0.05, 0.1) is 12.2 Å². The lowest BCUT2D eigenvalue weighted by molar-refractivity contribution is 0.153. The lowest BCUT2D eigenvalue weighted by Crippen LogP contribution is -2.20. The normalized spacial score (nSPS) is 19.0. The molecule has 1 aliphatic rings. The molecule has 17 heavy (non-hydrogen) atoms. The third-order valence-electron chi connectivity index (χ3n) is 3.53. The van der Waals surface area contributed by atoms with Crippen LogP contribution in [0.5, 0.6) is 5.75 Å². The molecule has 1 fully saturated rings. The molecular formula is C15H22O2. The van der Waals surface area contributed by atoms with Gasteiger partial charge in [0.25, 0.3) is 0 Å². The van der Waals surface area contributed by atoms with Crippen LogP contribution >= 0.6 is 0 Å². The highest BCUT2D eigenvalue weighted by molar-refractivity contribution is 5.37. The molecule has 2 nitrogen and oxygen atoms in total. The van der Waals surface area contributed by atoms with Crippen LogP contribution in [0.2, 0.25) is 0 Å². The Balaban J connectivity index is 2.05. The number of aryl methyl sites for hydroxylation is 1. The quantitative estimate of drug-likeness (QED) is 0.863. The number of rotatable bonds is 3. The maximum absolute atomic E-state index is 9.52. The number of ether oxygens (including phenoxy) is 1. The van der Waals surface area contributed by atoms with Gasteiger partial charge in [0.15, 0.2) is 0 Å². The summed E-state index contributed by atoms with van der Waals surface area (Å²) in [5.74, 6) is 0.973. The number of aliphatic hydroxyl groups excluding tert-OH is 1. The second kappa shape index (κ2) is 5.54. The molecule has 0 aromatic heterocycles. The zero-order chi connectivity index (χ0) is 12.3. The Kier molecular flexibility index (Phi) is 4.06. The minimum absolute atomic E-state index is 0.389. The van der Waals surface area contributed by atoms with Crippen molar-refractivity contribution in [1.82, 2.24) is 0 Å². The van der Waals surface area contributed by atoms with Gasteiger partial charge in [-0.1, -0.05) is 12.5 Å². The maximum Gasteiger partial charge on any atom is 0.122 e. The predicted octanol–water partition coefficient (Wildman–Crippen LogP) is 3.76. The molecule has 2 heteroatoms. The summed E-state index contributed by atoms with van der Waals surface area (Å²) in [6.45, 7) is 3.83. The van der Waals surface area contributed by atoms with Gasteiger partial charge in [0.2, 0.25) is 0 Å². The van der Waals surface area contributed by atoms with Crippen molar-refractivity contribution < 1.29 is 9.84 Å². The molecule has 0 bridgehead atoms. The van der Waals surface area contributed by atoms with E-state index in [0.29, 0.717) is 6.10 Å². The highest BCUT2D eigenvalue weighted by Gasteiger charge is 2.16. The van der Waals surface area contributed by atoms with Gasteiger partial charge >= 0.3 is 0 Å². The SMILES string of the molecule is Cc1cc([C@@H](C)O)ccc1OC1CCCCC1. The fourth-order valence-corrected chi connectivity index (χ4v) is 2.43. The van der Waals surface area contributed by atoms with Crippen molar-refractivity contribution in [1.29, 1.82) is 0 Å². The van der Waals surface area contributed by atoms with Crippen molar-refractivity contribution in [3.8, 4) is 5.75 Å². The van der Waals surface area contributed by atoms with E-state index in [9.17, 15) is 5.11 Å². The van der Waals surface area contributed by atoms with E-state index in [2.05, 4.69) is 0 Å². The summed E-state index contributed by atoms with van der Waals surface area (Å²) in [5, 5.41) is 9.52. The van der Waals surface area contributed by atoms with E-state index in [1.165, 1.54) is 32.1 Å². The molecule has 0 heterocycles. The second-order valence-electron chi connectivity index (χ2n) is 5.08. The first-order valence-corrected chi connectivity index (χ1v) is 6.62. The Morgan fingerprint density at radius 1 is 1.24 bits per heavy atom. The molecule has 1 atom stereocenters. The smallest absolute Gasteiger partial charge is 0.122 e. The van der Waals surface area contributed by atoms with Crippen molar-refractivity contribution in [2.24, 2.45) is 0 Å². The van der Waals surface area contributed by atoms with Crippen LogP contribution in [0.15, 0.2) is 18.2 Å². The number of benzene rings is 1. The number of aliphatic hydroxyl groups is 1. The molecule has 0 aliphatic heterocycles.